The average Bonchev–Trinajstić information content (AvgIpc) is 2.20. The zero-order valence-electron chi connectivity index (χ0n) is 9.14. The number of carbonyl (C=O) groups excluding carboxylic acids is 1. The van der Waals surface area contributed by atoms with Crippen molar-refractivity contribution in [3.8, 4) is 0 Å². The lowest BCUT2D eigenvalue weighted by Crippen LogP contribution is -2.15. The number of anilines is 1. The van der Waals surface area contributed by atoms with Crippen LogP contribution in [0.25, 0.3) is 0 Å². The third-order valence-electron chi connectivity index (χ3n) is 1.96. The summed E-state index contributed by atoms with van der Waals surface area (Å²) in [4.78, 5) is 11.5. The van der Waals surface area contributed by atoms with Crippen LogP contribution in [0.2, 0.25) is 5.02 Å². The highest BCUT2D eigenvalue weighted by Gasteiger charge is 2.13. The van der Waals surface area contributed by atoms with Crippen molar-refractivity contribution < 1.29 is 17.9 Å². The van der Waals surface area contributed by atoms with E-state index in [0.717, 1.165) is 6.26 Å². The van der Waals surface area contributed by atoms with E-state index < -0.39 is 15.8 Å². The number of hydrogen-bond acceptors (Lipinski definition) is 5. The lowest BCUT2D eigenvalue weighted by atomic mass is 10.2. The molecule has 94 valence electrons. The summed E-state index contributed by atoms with van der Waals surface area (Å²) >= 11 is 5.74. The topological polar surface area (TPSA) is 86.5 Å². The highest BCUT2D eigenvalue weighted by atomic mass is 35.5. The predicted octanol–water partition coefficient (Wildman–Crippen LogP) is 1.12. The highest BCUT2D eigenvalue weighted by molar-refractivity contribution is 7.90. The first-order valence-electron chi connectivity index (χ1n) is 4.70. The Labute approximate surface area is 104 Å². The fraction of sp³-hybridized carbons (Fsp3) is 0.300. The fourth-order valence-corrected chi connectivity index (χ4v) is 1.64. The molecule has 7 heteroatoms. The molecule has 0 heterocycles. The van der Waals surface area contributed by atoms with Crippen LogP contribution in [0.4, 0.5) is 5.69 Å². The van der Waals surface area contributed by atoms with Crippen LogP contribution < -0.4 is 5.73 Å². The van der Waals surface area contributed by atoms with Crippen molar-refractivity contribution in [2.75, 3.05) is 24.3 Å². The minimum atomic E-state index is -3.15. The molecule has 17 heavy (non-hydrogen) atoms. The molecule has 0 amide bonds. The number of ether oxygens (including phenoxy) is 1. The minimum absolute atomic E-state index is 0.124. The van der Waals surface area contributed by atoms with E-state index in [4.69, 9.17) is 22.1 Å². The number of rotatable bonds is 4. The van der Waals surface area contributed by atoms with Crippen molar-refractivity contribution in [1.29, 1.82) is 0 Å². The molecule has 0 aliphatic heterocycles. The third-order valence-corrected chi connectivity index (χ3v) is 3.20. The van der Waals surface area contributed by atoms with Crippen LogP contribution in [0.15, 0.2) is 18.2 Å². The van der Waals surface area contributed by atoms with Crippen molar-refractivity contribution >= 4 is 33.1 Å². The second kappa shape index (κ2) is 5.37. The Morgan fingerprint density at radius 3 is 2.71 bits per heavy atom. The Morgan fingerprint density at radius 2 is 2.12 bits per heavy atom. The molecule has 0 saturated carbocycles. The van der Waals surface area contributed by atoms with Crippen LogP contribution >= 0.6 is 11.6 Å². The van der Waals surface area contributed by atoms with E-state index in [2.05, 4.69) is 0 Å². The van der Waals surface area contributed by atoms with Gasteiger partial charge in [0.1, 0.15) is 6.61 Å². The number of para-hydroxylation sites is 1. The Bertz CT molecular complexity index is 527. The fourth-order valence-electron chi connectivity index (χ4n) is 1.08. The molecule has 0 fully saturated rings. The quantitative estimate of drug-likeness (QED) is 0.658. The van der Waals surface area contributed by atoms with Gasteiger partial charge in [0.25, 0.3) is 0 Å². The summed E-state index contributed by atoms with van der Waals surface area (Å²) in [5.41, 5.74) is 5.84. The summed E-state index contributed by atoms with van der Waals surface area (Å²) in [7, 11) is -3.15. The highest BCUT2D eigenvalue weighted by Crippen LogP contribution is 2.22. The largest absolute Gasteiger partial charge is 0.461 e. The van der Waals surface area contributed by atoms with Gasteiger partial charge in [-0.15, -0.1) is 0 Å². The van der Waals surface area contributed by atoms with Crippen LogP contribution in [-0.4, -0.2) is 33.0 Å². The van der Waals surface area contributed by atoms with Crippen LogP contribution in [0.1, 0.15) is 10.4 Å². The minimum Gasteiger partial charge on any atom is -0.461 e. The van der Waals surface area contributed by atoms with Crippen molar-refractivity contribution in [2.24, 2.45) is 0 Å². The number of benzene rings is 1. The van der Waals surface area contributed by atoms with E-state index in [1.165, 1.54) is 6.07 Å². The standard InChI is InChI=1S/C10H12ClNO4S/c1-17(14,15)6-5-16-10(13)7-3-2-4-8(11)9(7)12/h2-4H,5-6,12H2,1H3. The van der Waals surface area contributed by atoms with Crippen LogP contribution in [0, 0.1) is 0 Å². The first-order chi connectivity index (χ1) is 7.81. The molecule has 0 unspecified atom stereocenters. The van der Waals surface area contributed by atoms with Gasteiger partial charge in [0, 0.05) is 6.26 Å². The number of halogens is 1. The molecule has 1 rings (SSSR count). The maximum Gasteiger partial charge on any atom is 0.340 e. The van der Waals surface area contributed by atoms with Gasteiger partial charge in [-0.2, -0.15) is 0 Å². The van der Waals surface area contributed by atoms with E-state index in [-0.39, 0.29) is 28.6 Å². The van der Waals surface area contributed by atoms with Gasteiger partial charge in [-0.25, -0.2) is 13.2 Å². The van der Waals surface area contributed by atoms with Crippen molar-refractivity contribution in [3.63, 3.8) is 0 Å². The van der Waals surface area contributed by atoms with Gasteiger partial charge in [0.2, 0.25) is 0 Å². The lowest BCUT2D eigenvalue weighted by molar-refractivity contribution is 0.0530. The zero-order valence-corrected chi connectivity index (χ0v) is 10.7. The van der Waals surface area contributed by atoms with Gasteiger partial charge >= 0.3 is 5.97 Å². The molecule has 0 spiro atoms. The molecule has 0 aliphatic carbocycles. The molecular formula is C10H12ClNO4S. The first kappa shape index (κ1) is 13.8. The molecule has 0 radical (unpaired) electrons. The van der Waals surface area contributed by atoms with Gasteiger partial charge < -0.3 is 10.5 Å². The first-order valence-corrected chi connectivity index (χ1v) is 7.14. The molecule has 1 aromatic rings. The Balaban J connectivity index is 2.68. The number of sulfone groups is 1. The second-order valence-electron chi connectivity index (χ2n) is 3.47. The van der Waals surface area contributed by atoms with Gasteiger partial charge in [-0.05, 0) is 12.1 Å². The molecule has 0 atom stereocenters. The van der Waals surface area contributed by atoms with Crippen molar-refractivity contribution in [3.05, 3.63) is 28.8 Å². The maximum absolute atomic E-state index is 11.5. The summed E-state index contributed by atoms with van der Waals surface area (Å²) in [5, 5.41) is 0.252. The maximum atomic E-state index is 11.5. The molecule has 5 nitrogen and oxygen atoms in total. The molecule has 2 N–H and O–H groups in total. The third kappa shape index (κ3) is 4.24. The molecule has 0 bridgehead atoms. The van der Waals surface area contributed by atoms with Gasteiger partial charge in [0.05, 0.1) is 22.0 Å². The lowest BCUT2D eigenvalue weighted by Gasteiger charge is -2.07. The van der Waals surface area contributed by atoms with E-state index in [0.29, 0.717) is 0 Å². The van der Waals surface area contributed by atoms with E-state index >= 15 is 0 Å². The van der Waals surface area contributed by atoms with E-state index in [1.807, 2.05) is 0 Å². The Morgan fingerprint density at radius 1 is 1.47 bits per heavy atom. The van der Waals surface area contributed by atoms with Crippen LogP contribution in [-0.2, 0) is 14.6 Å². The number of hydrogen-bond donors (Lipinski definition) is 1. The average molecular weight is 278 g/mol. The van der Waals surface area contributed by atoms with Gasteiger partial charge in [-0.3, -0.25) is 0 Å². The number of esters is 1. The number of nitrogens with two attached hydrogens (primary N) is 1. The normalized spacial score (nSPS) is 11.2. The molecule has 0 aliphatic rings. The number of nitrogen functional groups attached to an aromatic ring is 1. The molecular weight excluding hydrogens is 266 g/mol. The van der Waals surface area contributed by atoms with E-state index in [1.54, 1.807) is 12.1 Å². The Hall–Kier alpha value is -1.27. The summed E-state index contributed by atoms with van der Waals surface area (Å²) in [6, 6.07) is 4.57. The van der Waals surface area contributed by atoms with Gasteiger partial charge in [-0.1, -0.05) is 17.7 Å². The van der Waals surface area contributed by atoms with Crippen LogP contribution in [0.5, 0.6) is 0 Å². The monoisotopic (exact) mass is 277 g/mol. The molecule has 0 aromatic heterocycles. The summed E-state index contributed by atoms with van der Waals surface area (Å²) in [5.74, 6) is -0.909. The van der Waals surface area contributed by atoms with Gasteiger partial charge in [0.15, 0.2) is 9.84 Å². The summed E-state index contributed by atoms with van der Waals surface area (Å²) in [6.45, 7) is -0.205. The molecule has 0 saturated heterocycles. The smallest absolute Gasteiger partial charge is 0.340 e. The summed E-state index contributed by atoms with van der Waals surface area (Å²) < 4.78 is 26.4. The number of carbonyl (C=O) groups is 1. The SMILES string of the molecule is CS(=O)(=O)CCOC(=O)c1cccc(Cl)c1N. The zero-order chi connectivity index (χ0) is 13.1. The second-order valence-corrected chi connectivity index (χ2v) is 6.13. The Kier molecular flexibility index (Phi) is 4.36. The van der Waals surface area contributed by atoms with Crippen LogP contribution in [0.3, 0.4) is 0 Å². The van der Waals surface area contributed by atoms with Crippen molar-refractivity contribution in [1.82, 2.24) is 0 Å². The summed E-state index contributed by atoms with van der Waals surface area (Å²) in [6.07, 6.45) is 1.06. The molecule has 1 aromatic carbocycles. The van der Waals surface area contributed by atoms with E-state index in [9.17, 15) is 13.2 Å². The van der Waals surface area contributed by atoms with Crippen molar-refractivity contribution in [2.45, 2.75) is 0 Å². The predicted molar refractivity (Wildman–Crippen MR) is 65.9 cm³/mol.